The number of hydrogen-bond donors (Lipinski definition) is 1. The summed E-state index contributed by atoms with van der Waals surface area (Å²) in [5.74, 6) is 0.713. The van der Waals surface area contributed by atoms with Gasteiger partial charge in [0.2, 0.25) is 0 Å². The highest BCUT2D eigenvalue weighted by atomic mass is 79.9. The van der Waals surface area contributed by atoms with E-state index in [1.54, 1.807) is 6.20 Å². The summed E-state index contributed by atoms with van der Waals surface area (Å²) in [5.41, 5.74) is 2.81. The topological polar surface area (TPSA) is 45.2 Å². The molecule has 4 nitrogen and oxygen atoms in total. The fourth-order valence-electron chi connectivity index (χ4n) is 3.03. The van der Waals surface area contributed by atoms with Gasteiger partial charge in [0.25, 0.3) is 5.91 Å². The Hall–Kier alpha value is -1.36. The van der Waals surface area contributed by atoms with Gasteiger partial charge in [-0.05, 0) is 66.9 Å². The van der Waals surface area contributed by atoms with E-state index in [2.05, 4.69) is 45.0 Å². The fraction of sp³-hybridized carbons (Fsp3) is 0.579. The Morgan fingerprint density at radius 2 is 2.08 bits per heavy atom. The van der Waals surface area contributed by atoms with Crippen molar-refractivity contribution in [3.05, 3.63) is 33.6 Å². The number of aromatic nitrogens is 1. The molecule has 2 rings (SSSR count). The second-order valence-electron chi connectivity index (χ2n) is 7.36. The third-order valence-corrected chi connectivity index (χ3v) is 5.67. The molecule has 1 aromatic rings. The molecule has 1 aliphatic heterocycles. The molecule has 0 aromatic carbocycles. The van der Waals surface area contributed by atoms with Gasteiger partial charge in [0, 0.05) is 29.5 Å². The van der Waals surface area contributed by atoms with Crippen molar-refractivity contribution in [2.75, 3.05) is 18.0 Å². The first-order valence-electron chi connectivity index (χ1n) is 8.59. The van der Waals surface area contributed by atoms with E-state index in [1.165, 1.54) is 6.42 Å². The molecule has 5 heteroatoms. The lowest BCUT2D eigenvalue weighted by atomic mass is 9.85. The summed E-state index contributed by atoms with van der Waals surface area (Å²) in [6.45, 7) is 12.3. The van der Waals surface area contributed by atoms with E-state index >= 15 is 0 Å². The smallest absolute Gasteiger partial charge is 0.259 e. The summed E-state index contributed by atoms with van der Waals surface area (Å²) in [6, 6.07) is 0. The zero-order valence-electron chi connectivity index (χ0n) is 15.4. The number of nitrogens with one attached hydrogen (secondary N) is 1. The highest BCUT2D eigenvalue weighted by Crippen LogP contribution is 2.33. The zero-order valence-corrected chi connectivity index (χ0v) is 17.0. The minimum Gasteiger partial charge on any atom is -0.356 e. The molecular weight excluding hydrogens is 366 g/mol. The summed E-state index contributed by atoms with van der Waals surface area (Å²) in [7, 11) is 0. The van der Waals surface area contributed by atoms with E-state index in [-0.39, 0.29) is 5.91 Å². The van der Waals surface area contributed by atoms with E-state index in [0.717, 1.165) is 47.5 Å². The largest absolute Gasteiger partial charge is 0.356 e. The van der Waals surface area contributed by atoms with Crippen LogP contribution in [0.25, 0.3) is 0 Å². The quantitative estimate of drug-likeness (QED) is 0.799. The average Bonchev–Trinajstić information content (AvgIpc) is 2.70. The molecule has 0 bridgehead atoms. The Kier molecular flexibility index (Phi) is 6.07. The van der Waals surface area contributed by atoms with E-state index in [4.69, 9.17) is 0 Å². The van der Waals surface area contributed by atoms with Crippen LogP contribution in [0.3, 0.4) is 0 Å². The average molecular weight is 394 g/mol. The minimum absolute atomic E-state index is 0.0876. The molecule has 1 fully saturated rings. The highest BCUT2D eigenvalue weighted by molar-refractivity contribution is 9.10. The number of carbonyl (C=O) groups is 1. The van der Waals surface area contributed by atoms with Crippen molar-refractivity contribution in [1.82, 2.24) is 10.3 Å². The number of halogens is 1. The van der Waals surface area contributed by atoms with Crippen molar-refractivity contribution in [3.8, 4) is 0 Å². The molecule has 2 heterocycles. The van der Waals surface area contributed by atoms with Crippen LogP contribution in [0.15, 0.2) is 22.4 Å². The number of anilines is 1. The van der Waals surface area contributed by atoms with Crippen LogP contribution in [-0.2, 0) is 0 Å². The van der Waals surface area contributed by atoms with Crippen molar-refractivity contribution in [2.24, 2.45) is 5.41 Å². The summed E-state index contributed by atoms with van der Waals surface area (Å²) in [6.07, 6.45) is 7.14. The molecule has 0 radical (unpaired) electrons. The summed E-state index contributed by atoms with van der Waals surface area (Å²) >= 11 is 3.51. The maximum atomic E-state index is 12.8. The number of nitrogens with zero attached hydrogens (tertiary/aromatic N) is 2. The van der Waals surface area contributed by atoms with Crippen LogP contribution in [-0.4, -0.2) is 24.0 Å². The van der Waals surface area contributed by atoms with E-state index < -0.39 is 0 Å². The zero-order chi connectivity index (χ0) is 17.9. The first kappa shape index (κ1) is 19.0. The van der Waals surface area contributed by atoms with Gasteiger partial charge in [-0.1, -0.05) is 19.9 Å². The Labute approximate surface area is 153 Å². The van der Waals surface area contributed by atoms with Crippen LogP contribution in [0.4, 0.5) is 5.82 Å². The second kappa shape index (κ2) is 7.68. The molecule has 1 aliphatic rings. The van der Waals surface area contributed by atoms with Crippen molar-refractivity contribution in [1.29, 1.82) is 0 Å². The molecule has 0 aliphatic carbocycles. The van der Waals surface area contributed by atoms with E-state index in [9.17, 15) is 4.79 Å². The van der Waals surface area contributed by atoms with Gasteiger partial charge in [-0.3, -0.25) is 4.79 Å². The summed E-state index contributed by atoms with van der Waals surface area (Å²) in [4.78, 5) is 19.7. The second-order valence-corrected chi connectivity index (χ2v) is 8.21. The maximum absolute atomic E-state index is 12.8. The standard InChI is InChI=1S/C19H28BrN3O/c1-6-13(2)22-18(24)16-14(3)15(20)12-21-17(16)23-10-7-8-19(4,5)9-11-23/h6,12H,7-11H2,1-5H3,(H,22,24)/b13-6+. The lowest BCUT2D eigenvalue weighted by Gasteiger charge is -2.26. The van der Waals surface area contributed by atoms with Crippen molar-refractivity contribution >= 4 is 27.7 Å². The number of pyridine rings is 1. The van der Waals surface area contributed by atoms with Gasteiger partial charge in [-0.25, -0.2) is 4.98 Å². The maximum Gasteiger partial charge on any atom is 0.259 e. The van der Waals surface area contributed by atoms with Crippen LogP contribution in [0, 0.1) is 12.3 Å². The lowest BCUT2D eigenvalue weighted by Crippen LogP contribution is -2.31. The first-order chi connectivity index (χ1) is 11.2. The molecule has 24 heavy (non-hydrogen) atoms. The normalized spacial score (nSPS) is 18.2. The Bertz CT molecular complexity index is 652. The molecule has 1 saturated heterocycles. The monoisotopic (exact) mass is 393 g/mol. The molecular formula is C19H28BrN3O. The van der Waals surface area contributed by atoms with Crippen LogP contribution in [0.1, 0.15) is 62.9 Å². The first-order valence-corrected chi connectivity index (χ1v) is 9.39. The lowest BCUT2D eigenvalue weighted by molar-refractivity contribution is 0.0965. The van der Waals surface area contributed by atoms with Crippen LogP contribution >= 0.6 is 15.9 Å². The van der Waals surface area contributed by atoms with Gasteiger partial charge in [-0.2, -0.15) is 0 Å². The molecule has 1 aromatic heterocycles. The fourth-order valence-corrected chi connectivity index (χ4v) is 3.33. The van der Waals surface area contributed by atoms with Crippen molar-refractivity contribution in [2.45, 2.75) is 53.9 Å². The Balaban J connectivity index is 2.39. The Morgan fingerprint density at radius 1 is 1.38 bits per heavy atom. The van der Waals surface area contributed by atoms with Crippen LogP contribution < -0.4 is 10.2 Å². The predicted octanol–water partition coefficient (Wildman–Crippen LogP) is 4.82. The van der Waals surface area contributed by atoms with Crippen molar-refractivity contribution < 1.29 is 4.79 Å². The number of allylic oxidation sites excluding steroid dienone is 2. The number of rotatable bonds is 3. The van der Waals surface area contributed by atoms with E-state index in [1.807, 2.05) is 26.8 Å². The van der Waals surface area contributed by atoms with Crippen LogP contribution in [0.5, 0.6) is 0 Å². The summed E-state index contributed by atoms with van der Waals surface area (Å²) in [5, 5.41) is 2.96. The number of amides is 1. The van der Waals surface area contributed by atoms with Gasteiger partial charge in [0.15, 0.2) is 0 Å². The molecule has 0 atom stereocenters. The van der Waals surface area contributed by atoms with Crippen molar-refractivity contribution in [3.63, 3.8) is 0 Å². The third-order valence-electron chi connectivity index (χ3n) is 4.87. The molecule has 1 amide bonds. The van der Waals surface area contributed by atoms with Gasteiger partial charge in [-0.15, -0.1) is 0 Å². The Morgan fingerprint density at radius 3 is 2.75 bits per heavy atom. The molecule has 1 N–H and O–H groups in total. The molecule has 0 spiro atoms. The number of hydrogen-bond acceptors (Lipinski definition) is 3. The predicted molar refractivity (Wildman–Crippen MR) is 103 cm³/mol. The highest BCUT2D eigenvalue weighted by Gasteiger charge is 2.27. The van der Waals surface area contributed by atoms with Gasteiger partial charge in [0.1, 0.15) is 5.82 Å². The molecule has 0 unspecified atom stereocenters. The van der Waals surface area contributed by atoms with Gasteiger partial charge in [0.05, 0.1) is 5.56 Å². The summed E-state index contributed by atoms with van der Waals surface area (Å²) < 4.78 is 0.865. The SMILES string of the molecule is C/C=C(\C)NC(=O)c1c(N2CCCC(C)(C)CC2)ncc(Br)c1C. The van der Waals surface area contributed by atoms with Crippen LogP contribution in [0.2, 0.25) is 0 Å². The van der Waals surface area contributed by atoms with Gasteiger partial charge >= 0.3 is 0 Å². The molecule has 132 valence electrons. The number of carbonyl (C=O) groups excluding carboxylic acids is 1. The molecule has 0 saturated carbocycles. The minimum atomic E-state index is -0.0876. The van der Waals surface area contributed by atoms with E-state index in [0.29, 0.717) is 11.0 Å². The van der Waals surface area contributed by atoms with Gasteiger partial charge < -0.3 is 10.2 Å². The third kappa shape index (κ3) is 4.38.